The average molecular weight is 351 g/mol. The van der Waals surface area contributed by atoms with Crippen molar-refractivity contribution in [2.24, 2.45) is 0 Å². The molecule has 1 unspecified atom stereocenters. The molecule has 1 nitrogen and oxygen atoms in total. The standard InChI is InChI=1S/C17H19BrOS/c1-12-6-5-7-13(2)15(12)10-14(19)11-20-17-9-4-3-8-16(17)18/h3-9,14,19H,10-11H2,1-2H3. The number of hydrogen-bond donors (Lipinski definition) is 1. The Bertz CT molecular complexity index is 563. The number of halogens is 1. The van der Waals surface area contributed by atoms with Crippen molar-refractivity contribution in [3.63, 3.8) is 0 Å². The number of aryl methyl sites for hydroxylation is 2. The lowest BCUT2D eigenvalue weighted by Crippen LogP contribution is -2.15. The quantitative estimate of drug-likeness (QED) is 0.784. The normalized spacial score (nSPS) is 12.4. The molecule has 0 fully saturated rings. The predicted octanol–water partition coefficient (Wildman–Crippen LogP) is 4.76. The van der Waals surface area contributed by atoms with E-state index in [0.29, 0.717) is 5.75 Å². The topological polar surface area (TPSA) is 20.2 Å². The fraction of sp³-hybridized carbons (Fsp3) is 0.294. The number of aliphatic hydroxyl groups is 1. The monoisotopic (exact) mass is 350 g/mol. The maximum absolute atomic E-state index is 10.3. The summed E-state index contributed by atoms with van der Waals surface area (Å²) in [7, 11) is 0. The van der Waals surface area contributed by atoms with Gasteiger partial charge in [0.25, 0.3) is 0 Å². The molecule has 0 radical (unpaired) electrons. The van der Waals surface area contributed by atoms with E-state index >= 15 is 0 Å². The zero-order valence-corrected chi connectivity index (χ0v) is 14.2. The number of aliphatic hydroxyl groups excluding tert-OH is 1. The van der Waals surface area contributed by atoms with Crippen molar-refractivity contribution < 1.29 is 5.11 Å². The van der Waals surface area contributed by atoms with Gasteiger partial charge >= 0.3 is 0 Å². The molecule has 0 amide bonds. The van der Waals surface area contributed by atoms with Crippen LogP contribution in [0.2, 0.25) is 0 Å². The van der Waals surface area contributed by atoms with E-state index in [1.807, 2.05) is 18.2 Å². The van der Waals surface area contributed by atoms with Crippen LogP contribution >= 0.6 is 27.7 Å². The molecule has 0 saturated heterocycles. The van der Waals surface area contributed by atoms with Crippen molar-refractivity contribution in [3.05, 3.63) is 63.6 Å². The number of thioether (sulfide) groups is 1. The molecule has 0 spiro atoms. The number of hydrogen-bond acceptors (Lipinski definition) is 2. The molecule has 2 aromatic rings. The minimum Gasteiger partial charge on any atom is -0.392 e. The van der Waals surface area contributed by atoms with Crippen LogP contribution in [-0.4, -0.2) is 17.0 Å². The van der Waals surface area contributed by atoms with Gasteiger partial charge in [-0.25, -0.2) is 0 Å². The lowest BCUT2D eigenvalue weighted by molar-refractivity contribution is 0.199. The minimum atomic E-state index is -0.327. The van der Waals surface area contributed by atoms with E-state index in [1.54, 1.807) is 11.8 Å². The van der Waals surface area contributed by atoms with Crippen molar-refractivity contribution in [3.8, 4) is 0 Å². The summed E-state index contributed by atoms with van der Waals surface area (Å²) in [6.45, 7) is 4.21. The van der Waals surface area contributed by atoms with Gasteiger partial charge in [0.2, 0.25) is 0 Å². The molecule has 2 aromatic carbocycles. The first kappa shape index (κ1) is 15.6. The largest absolute Gasteiger partial charge is 0.392 e. The van der Waals surface area contributed by atoms with Crippen molar-refractivity contribution in [1.29, 1.82) is 0 Å². The zero-order valence-electron chi connectivity index (χ0n) is 11.8. The minimum absolute atomic E-state index is 0.327. The Morgan fingerprint density at radius 3 is 2.35 bits per heavy atom. The van der Waals surface area contributed by atoms with Gasteiger partial charge in [0.15, 0.2) is 0 Å². The van der Waals surface area contributed by atoms with E-state index < -0.39 is 0 Å². The van der Waals surface area contributed by atoms with Crippen LogP contribution in [-0.2, 0) is 6.42 Å². The van der Waals surface area contributed by atoms with Crippen molar-refractivity contribution >= 4 is 27.7 Å². The highest BCUT2D eigenvalue weighted by molar-refractivity contribution is 9.10. The molecule has 0 aliphatic carbocycles. The molecule has 2 rings (SSSR count). The van der Waals surface area contributed by atoms with E-state index in [0.717, 1.165) is 10.9 Å². The number of benzene rings is 2. The molecule has 106 valence electrons. The van der Waals surface area contributed by atoms with Crippen LogP contribution in [0.15, 0.2) is 51.8 Å². The first-order chi connectivity index (χ1) is 9.58. The summed E-state index contributed by atoms with van der Waals surface area (Å²) in [4.78, 5) is 1.17. The van der Waals surface area contributed by atoms with Gasteiger partial charge in [-0.05, 0) is 65.0 Å². The van der Waals surface area contributed by atoms with E-state index in [2.05, 4.69) is 54.0 Å². The summed E-state index contributed by atoms with van der Waals surface area (Å²) in [5, 5.41) is 10.3. The Morgan fingerprint density at radius 2 is 1.70 bits per heavy atom. The van der Waals surface area contributed by atoms with Gasteiger partial charge in [-0.2, -0.15) is 0 Å². The molecule has 0 aromatic heterocycles. The van der Waals surface area contributed by atoms with Crippen molar-refractivity contribution in [1.82, 2.24) is 0 Å². The van der Waals surface area contributed by atoms with E-state index in [1.165, 1.54) is 21.6 Å². The molecule has 20 heavy (non-hydrogen) atoms. The molecule has 3 heteroatoms. The predicted molar refractivity (Wildman–Crippen MR) is 90.5 cm³/mol. The third-order valence-corrected chi connectivity index (χ3v) is 5.52. The Hall–Kier alpha value is -0.770. The fourth-order valence-corrected chi connectivity index (χ4v) is 3.71. The molecule has 0 saturated carbocycles. The SMILES string of the molecule is Cc1cccc(C)c1CC(O)CSc1ccccc1Br. The fourth-order valence-electron chi connectivity index (χ4n) is 2.21. The van der Waals surface area contributed by atoms with Crippen molar-refractivity contribution in [2.45, 2.75) is 31.3 Å². The Kier molecular flexibility index (Phi) is 5.70. The van der Waals surface area contributed by atoms with E-state index in [-0.39, 0.29) is 6.10 Å². The molecule has 1 atom stereocenters. The second-order valence-electron chi connectivity index (χ2n) is 4.97. The molecule has 0 heterocycles. The highest BCUT2D eigenvalue weighted by atomic mass is 79.9. The van der Waals surface area contributed by atoms with Crippen LogP contribution in [0.5, 0.6) is 0 Å². The van der Waals surface area contributed by atoms with Crippen LogP contribution < -0.4 is 0 Å². The van der Waals surface area contributed by atoms with Crippen LogP contribution in [0.4, 0.5) is 0 Å². The summed E-state index contributed by atoms with van der Waals surface area (Å²) < 4.78 is 1.09. The third kappa shape index (κ3) is 4.11. The molecule has 0 aliphatic heterocycles. The Balaban J connectivity index is 1.96. The molecular weight excluding hydrogens is 332 g/mol. The molecular formula is C17H19BrOS. The maximum Gasteiger partial charge on any atom is 0.0674 e. The summed E-state index contributed by atoms with van der Waals surface area (Å²) in [5.74, 6) is 0.705. The lowest BCUT2D eigenvalue weighted by atomic mass is 9.98. The van der Waals surface area contributed by atoms with Gasteiger partial charge < -0.3 is 5.11 Å². The van der Waals surface area contributed by atoms with Gasteiger partial charge in [0.1, 0.15) is 0 Å². The average Bonchev–Trinajstić information content (AvgIpc) is 2.42. The van der Waals surface area contributed by atoms with Gasteiger partial charge in [-0.1, -0.05) is 30.3 Å². The molecule has 1 N–H and O–H groups in total. The van der Waals surface area contributed by atoms with Gasteiger partial charge in [-0.15, -0.1) is 11.8 Å². The second kappa shape index (κ2) is 7.30. The van der Waals surface area contributed by atoms with Gasteiger partial charge in [-0.3, -0.25) is 0 Å². The number of rotatable bonds is 5. The first-order valence-electron chi connectivity index (χ1n) is 6.68. The van der Waals surface area contributed by atoms with Crippen LogP contribution in [0.1, 0.15) is 16.7 Å². The molecule has 0 aliphatic rings. The van der Waals surface area contributed by atoms with Crippen LogP contribution in [0, 0.1) is 13.8 Å². The first-order valence-corrected chi connectivity index (χ1v) is 8.46. The second-order valence-corrected chi connectivity index (χ2v) is 6.89. The van der Waals surface area contributed by atoms with Crippen LogP contribution in [0.3, 0.4) is 0 Å². The summed E-state index contributed by atoms with van der Waals surface area (Å²) >= 11 is 5.22. The highest BCUT2D eigenvalue weighted by Crippen LogP contribution is 2.28. The lowest BCUT2D eigenvalue weighted by Gasteiger charge is -2.15. The molecule has 0 bridgehead atoms. The summed E-state index contributed by atoms with van der Waals surface area (Å²) in [6, 6.07) is 14.4. The van der Waals surface area contributed by atoms with Gasteiger partial charge in [0.05, 0.1) is 6.10 Å². The third-order valence-electron chi connectivity index (χ3n) is 3.35. The van der Waals surface area contributed by atoms with Crippen molar-refractivity contribution in [2.75, 3.05) is 5.75 Å². The highest BCUT2D eigenvalue weighted by Gasteiger charge is 2.11. The summed E-state index contributed by atoms with van der Waals surface area (Å²) in [5.41, 5.74) is 3.79. The maximum atomic E-state index is 10.3. The van der Waals surface area contributed by atoms with E-state index in [9.17, 15) is 5.11 Å². The smallest absolute Gasteiger partial charge is 0.0674 e. The Morgan fingerprint density at radius 1 is 1.05 bits per heavy atom. The Labute approximate surface area is 133 Å². The van der Waals surface area contributed by atoms with E-state index in [4.69, 9.17) is 0 Å². The van der Waals surface area contributed by atoms with Crippen LogP contribution in [0.25, 0.3) is 0 Å². The van der Waals surface area contributed by atoms with Gasteiger partial charge in [0, 0.05) is 15.1 Å². The zero-order chi connectivity index (χ0) is 14.5. The summed E-state index contributed by atoms with van der Waals surface area (Å²) in [6.07, 6.45) is 0.391.